The molecule has 2 rings (SSSR count). The molecule has 2 aromatic heterocycles. The molecule has 0 bridgehead atoms. The standard InChI is InChI=1S/C9H10BrF3N2.C9H11F3N2O/c1-8(2,3)7-14-5(9(11,12)13)4-6(10)15-7;1-8(2,3)7-13-5(9(10,11)12)4-6(15)14-7/h4H,1-3H3;4H,1-3H3,(H,13,14,15). The van der Waals surface area contributed by atoms with Crippen LogP contribution in [-0.2, 0) is 23.2 Å². The summed E-state index contributed by atoms with van der Waals surface area (Å²) in [4.78, 5) is 24.1. The van der Waals surface area contributed by atoms with Gasteiger partial charge >= 0.3 is 12.4 Å². The van der Waals surface area contributed by atoms with E-state index >= 15 is 0 Å². The Morgan fingerprint density at radius 1 is 0.767 bits per heavy atom. The molecule has 0 spiro atoms. The molecular formula is C18H21BrF6N4O. The Balaban J connectivity index is 0.000000300. The first-order valence-corrected chi connectivity index (χ1v) is 9.32. The van der Waals surface area contributed by atoms with Crippen molar-refractivity contribution >= 4 is 15.9 Å². The Morgan fingerprint density at radius 2 is 1.23 bits per heavy atom. The molecule has 1 N–H and O–H groups in total. The van der Waals surface area contributed by atoms with Gasteiger partial charge in [0.05, 0.1) is 0 Å². The smallest absolute Gasteiger partial charge is 0.310 e. The summed E-state index contributed by atoms with van der Waals surface area (Å²) < 4.78 is 74.4. The molecule has 0 fully saturated rings. The highest BCUT2D eigenvalue weighted by atomic mass is 79.9. The molecule has 0 radical (unpaired) electrons. The Bertz CT molecular complexity index is 872. The molecule has 12 heteroatoms. The number of alkyl halides is 6. The maximum Gasteiger partial charge on any atom is 0.433 e. The summed E-state index contributed by atoms with van der Waals surface area (Å²) in [7, 11) is 0. The summed E-state index contributed by atoms with van der Waals surface area (Å²) in [6.07, 6.45) is -9.03. The van der Waals surface area contributed by atoms with Gasteiger partial charge in [0.25, 0.3) is 5.56 Å². The Hall–Kier alpha value is -1.98. The number of halogens is 7. The summed E-state index contributed by atoms with van der Waals surface area (Å²) in [6, 6.07) is 1.32. The van der Waals surface area contributed by atoms with E-state index in [0.717, 1.165) is 6.07 Å². The van der Waals surface area contributed by atoms with Crippen molar-refractivity contribution in [3.05, 3.63) is 50.1 Å². The van der Waals surface area contributed by atoms with Gasteiger partial charge in [-0.25, -0.2) is 15.0 Å². The van der Waals surface area contributed by atoms with Crippen LogP contribution in [0.25, 0.3) is 0 Å². The molecule has 0 saturated carbocycles. The molecule has 0 unspecified atom stereocenters. The zero-order valence-corrected chi connectivity index (χ0v) is 18.6. The van der Waals surface area contributed by atoms with Gasteiger partial charge in [0.1, 0.15) is 21.9 Å². The maximum absolute atomic E-state index is 12.4. The number of nitrogens with zero attached hydrogens (tertiary/aromatic N) is 3. The van der Waals surface area contributed by atoms with Gasteiger partial charge in [-0.15, -0.1) is 0 Å². The largest absolute Gasteiger partial charge is 0.433 e. The number of aromatic nitrogens is 4. The van der Waals surface area contributed by atoms with E-state index in [1.807, 2.05) is 0 Å². The lowest BCUT2D eigenvalue weighted by molar-refractivity contribution is -0.142. The van der Waals surface area contributed by atoms with Crippen molar-refractivity contribution in [1.29, 1.82) is 0 Å². The first kappa shape index (κ1) is 26.1. The van der Waals surface area contributed by atoms with E-state index in [-0.39, 0.29) is 16.3 Å². The molecule has 30 heavy (non-hydrogen) atoms. The Labute approximate surface area is 177 Å². The zero-order chi connectivity index (χ0) is 23.7. The van der Waals surface area contributed by atoms with Crippen molar-refractivity contribution in [1.82, 2.24) is 19.9 Å². The third kappa shape index (κ3) is 7.69. The van der Waals surface area contributed by atoms with Crippen LogP contribution in [0, 0.1) is 0 Å². The Morgan fingerprint density at radius 3 is 1.63 bits per heavy atom. The van der Waals surface area contributed by atoms with E-state index < -0.39 is 40.1 Å². The van der Waals surface area contributed by atoms with Gasteiger partial charge in [0.2, 0.25) is 0 Å². The van der Waals surface area contributed by atoms with Gasteiger partial charge in [0.15, 0.2) is 5.69 Å². The summed E-state index contributed by atoms with van der Waals surface area (Å²) in [5.74, 6) is 0.200. The summed E-state index contributed by atoms with van der Waals surface area (Å²) in [5, 5.41) is 0. The second kappa shape index (κ2) is 8.64. The number of aromatic amines is 1. The second-order valence-corrected chi connectivity index (χ2v) is 9.19. The van der Waals surface area contributed by atoms with Crippen molar-refractivity contribution in [2.75, 3.05) is 0 Å². The molecule has 0 saturated heterocycles. The van der Waals surface area contributed by atoms with Crippen LogP contribution in [0.3, 0.4) is 0 Å². The molecule has 0 aliphatic rings. The average Bonchev–Trinajstić information content (AvgIpc) is 2.51. The van der Waals surface area contributed by atoms with E-state index in [4.69, 9.17) is 0 Å². The topological polar surface area (TPSA) is 71.5 Å². The maximum atomic E-state index is 12.4. The first-order valence-electron chi connectivity index (χ1n) is 8.52. The number of rotatable bonds is 0. The fourth-order valence-corrected chi connectivity index (χ4v) is 2.24. The summed E-state index contributed by atoms with van der Waals surface area (Å²) in [5.41, 5.74) is -4.00. The normalized spacial score (nSPS) is 13.0. The van der Waals surface area contributed by atoms with Gasteiger partial charge in [-0.1, -0.05) is 41.5 Å². The molecule has 0 aromatic carbocycles. The third-order valence-corrected chi connectivity index (χ3v) is 3.80. The van der Waals surface area contributed by atoms with Crippen molar-refractivity contribution in [3.8, 4) is 0 Å². The fourth-order valence-electron chi connectivity index (χ4n) is 1.86. The number of nitrogens with one attached hydrogen (secondary N) is 1. The van der Waals surface area contributed by atoms with Gasteiger partial charge in [-0.05, 0) is 15.9 Å². The SMILES string of the molecule is CC(C)(C)c1nc(Br)cc(C(F)(F)F)n1.CC(C)(C)c1nc(C(F)(F)F)cc(=O)[nH]1. The predicted octanol–water partition coefficient (Wildman–Crippen LogP) is 5.64. The molecule has 5 nitrogen and oxygen atoms in total. The van der Waals surface area contributed by atoms with E-state index in [2.05, 4.69) is 35.9 Å². The van der Waals surface area contributed by atoms with E-state index in [1.165, 1.54) is 0 Å². The molecule has 0 atom stereocenters. The molecule has 0 aliphatic heterocycles. The first-order chi connectivity index (χ1) is 13.2. The van der Waals surface area contributed by atoms with Gasteiger partial charge in [0, 0.05) is 23.0 Å². The summed E-state index contributed by atoms with van der Waals surface area (Å²) >= 11 is 2.95. The van der Waals surface area contributed by atoms with E-state index in [1.54, 1.807) is 41.5 Å². The molecule has 168 valence electrons. The lowest BCUT2D eigenvalue weighted by atomic mass is 9.95. The third-order valence-electron chi connectivity index (χ3n) is 3.40. The zero-order valence-electron chi connectivity index (χ0n) is 17.1. The van der Waals surface area contributed by atoms with Crippen molar-refractivity contribution in [2.24, 2.45) is 0 Å². The number of H-pyrrole nitrogens is 1. The van der Waals surface area contributed by atoms with Gasteiger partial charge in [-0.2, -0.15) is 26.3 Å². The van der Waals surface area contributed by atoms with Crippen LogP contribution in [0.2, 0.25) is 0 Å². The van der Waals surface area contributed by atoms with Crippen LogP contribution in [0.1, 0.15) is 64.6 Å². The number of hydrogen-bond donors (Lipinski definition) is 1. The van der Waals surface area contributed by atoms with Crippen LogP contribution in [0.4, 0.5) is 26.3 Å². The van der Waals surface area contributed by atoms with Crippen molar-refractivity contribution in [3.63, 3.8) is 0 Å². The minimum absolute atomic E-state index is 0.0299. The highest BCUT2D eigenvalue weighted by molar-refractivity contribution is 9.10. The van der Waals surface area contributed by atoms with Gasteiger partial charge < -0.3 is 4.98 Å². The molecule has 0 amide bonds. The molecular weight excluding hydrogens is 482 g/mol. The lowest BCUT2D eigenvalue weighted by Gasteiger charge is -2.18. The van der Waals surface area contributed by atoms with Crippen molar-refractivity contribution < 1.29 is 26.3 Å². The Kier molecular flexibility index (Phi) is 7.50. The quantitative estimate of drug-likeness (QED) is 0.373. The van der Waals surface area contributed by atoms with Crippen LogP contribution in [-0.4, -0.2) is 19.9 Å². The number of hydrogen-bond acceptors (Lipinski definition) is 4. The van der Waals surface area contributed by atoms with E-state index in [9.17, 15) is 31.1 Å². The molecule has 0 aliphatic carbocycles. The van der Waals surface area contributed by atoms with E-state index in [0.29, 0.717) is 6.07 Å². The minimum atomic E-state index is -4.59. The highest BCUT2D eigenvalue weighted by Crippen LogP contribution is 2.31. The van der Waals surface area contributed by atoms with Gasteiger partial charge in [-0.3, -0.25) is 4.79 Å². The van der Waals surface area contributed by atoms with Crippen LogP contribution < -0.4 is 5.56 Å². The highest BCUT2D eigenvalue weighted by Gasteiger charge is 2.35. The van der Waals surface area contributed by atoms with Crippen LogP contribution in [0.5, 0.6) is 0 Å². The molecule has 2 aromatic rings. The summed E-state index contributed by atoms with van der Waals surface area (Å²) in [6.45, 7) is 10.3. The second-order valence-electron chi connectivity index (χ2n) is 8.37. The fraction of sp³-hybridized carbons (Fsp3) is 0.556. The lowest BCUT2D eigenvalue weighted by Crippen LogP contribution is -2.25. The van der Waals surface area contributed by atoms with Crippen LogP contribution >= 0.6 is 15.9 Å². The van der Waals surface area contributed by atoms with Crippen LogP contribution in [0.15, 0.2) is 21.5 Å². The van der Waals surface area contributed by atoms with Crippen molar-refractivity contribution in [2.45, 2.75) is 64.7 Å². The molecule has 2 heterocycles. The minimum Gasteiger partial charge on any atom is -0.310 e. The predicted molar refractivity (Wildman–Crippen MR) is 102 cm³/mol. The monoisotopic (exact) mass is 502 g/mol. The average molecular weight is 503 g/mol.